The fourth-order valence-corrected chi connectivity index (χ4v) is 5.09. The topological polar surface area (TPSA) is 66.4 Å². The van der Waals surface area contributed by atoms with Gasteiger partial charge in [-0.25, -0.2) is 8.42 Å². The van der Waals surface area contributed by atoms with Crippen LogP contribution < -0.4 is 25.9 Å². The van der Waals surface area contributed by atoms with Crippen LogP contribution in [0, 0.1) is 14.1 Å². The van der Waals surface area contributed by atoms with E-state index in [2.05, 4.69) is 69.3 Å². The van der Waals surface area contributed by atoms with Crippen LogP contribution in [-0.4, -0.2) is 18.6 Å². The lowest BCUT2D eigenvalue weighted by Crippen LogP contribution is -3.61. The molecule has 0 atom stereocenters. The number of ether oxygens (including phenoxy) is 1. The van der Waals surface area contributed by atoms with Crippen LogP contribution >= 0.6 is 0 Å². The van der Waals surface area contributed by atoms with Crippen molar-refractivity contribution in [3.8, 4) is 5.75 Å². The molecule has 0 saturated carbocycles. The number of benzene rings is 3. The van der Waals surface area contributed by atoms with Gasteiger partial charge < -0.3 is 9.29 Å². The summed E-state index contributed by atoms with van der Waals surface area (Å²) in [6, 6.07) is 24.8. The van der Waals surface area contributed by atoms with Crippen LogP contribution in [0.3, 0.4) is 0 Å². The molecule has 3 rings (SSSR count). The number of hydrogen-bond acceptors (Lipinski definition) is 4. The predicted octanol–water partition coefficient (Wildman–Crippen LogP) is 1.89. The maximum absolute atomic E-state index is 10.4. The van der Waals surface area contributed by atoms with Gasteiger partial charge in [0, 0.05) is 0 Å². The molecule has 6 heteroatoms. The van der Waals surface area contributed by atoms with Gasteiger partial charge in [0.15, 0.2) is 9.32 Å². The van der Waals surface area contributed by atoms with Gasteiger partial charge in [-0.1, -0.05) is 48.0 Å². The molecule has 0 spiro atoms. The van der Waals surface area contributed by atoms with E-state index in [9.17, 15) is 13.0 Å². The van der Waals surface area contributed by atoms with Crippen molar-refractivity contribution in [3.63, 3.8) is 0 Å². The van der Waals surface area contributed by atoms with Crippen molar-refractivity contribution < 1.29 is 38.9 Å². The third kappa shape index (κ3) is 8.55. The lowest BCUT2D eigenvalue weighted by atomic mass is 10.2. The first-order valence-electron chi connectivity index (χ1n) is 9.05. The first kappa shape index (κ1) is 23.4. The summed E-state index contributed by atoms with van der Waals surface area (Å²) in [4.78, 5) is -0.178. The largest absolute Gasteiger partial charge is 0.744 e. The maximum atomic E-state index is 10.4. The Balaban J connectivity index is 0.000000234. The molecule has 0 aliphatic carbocycles. The molecular weight excluding hydrogens is 499 g/mol. The third-order valence-electron chi connectivity index (χ3n) is 3.51. The molecule has 29 heavy (non-hydrogen) atoms. The molecule has 3 aromatic carbocycles. The van der Waals surface area contributed by atoms with E-state index in [1.54, 1.807) is 12.1 Å². The average Bonchev–Trinajstić information content (AvgIpc) is 2.63. The summed E-state index contributed by atoms with van der Waals surface area (Å²) in [6.45, 7) is 8.08. The molecule has 154 valence electrons. The van der Waals surface area contributed by atoms with Crippen molar-refractivity contribution in [2.45, 2.75) is 38.2 Å². The second-order valence-corrected chi connectivity index (χ2v) is 11.6. The summed E-state index contributed by atoms with van der Waals surface area (Å²) in [6.07, 6.45) is 0. The molecule has 0 unspecified atom stereocenters. The van der Waals surface area contributed by atoms with E-state index >= 15 is 0 Å². The fraction of sp³-hybridized carbons (Fsp3) is 0.217. The Labute approximate surface area is 184 Å². The first-order chi connectivity index (χ1) is 13.5. The van der Waals surface area contributed by atoms with E-state index in [0.717, 1.165) is 11.3 Å². The van der Waals surface area contributed by atoms with Crippen LogP contribution in [0.4, 0.5) is 0 Å². The molecule has 0 amide bonds. The quantitative estimate of drug-likeness (QED) is 0.387. The van der Waals surface area contributed by atoms with Crippen molar-refractivity contribution in [3.05, 3.63) is 91.6 Å². The second kappa shape index (κ2) is 10.2. The third-order valence-corrected chi connectivity index (χ3v) is 7.17. The van der Waals surface area contributed by atoms with Crippen molar-refractivity contribution in [1.82, 2.24) is 0 Å². The van der Waals surface area contributed by atoms with Crippen molar-refractivity contribution >= 4 is 10.1 Å². The minimum atomic E-state index is -4.27. The molecule has 0 bridgehead atoms. The highest BCUT2D eigenvalue weighted by Gasteiger charge is 2.23. The highest BCUT2D eigenvalue weighted by atomic mass is 127. The standard InChI is InChI=1S/C16H18IO.C7H8O3S/c1-16(2,3)18-15-12-8-7-11-14(15)17-13-9-5-4-6-10-13;1-6-2-4-7(5-3-6)11(8,9)10/h4-12H,1-3H3;2-5H,1H3,(H,8,9,10)/q+1;/p-1. The zero-order valence-corrected chi connectivity index (χ0v) is 19.9. The Bertz CT molecular complexity index is 1010. The smallest absolute Gasteiger partial charge is 0.362 e. The van der Waals surface area contributed by atoms with Gasteiger partial charge in [-0.3, -0.25) is 0 Å². The number of aryl methyl sites for hydroxylation is 1. The van der Waals surface area contributed by atoms with Gasteiger partial charge in [0.1, 0.15) is 15.7 Å². The van der Waals surface area contributed by atoms with Gasteiger partial charge in [0.05, 0.1) is 4.90 Å². The summed E-state index contributed by atoms with van der Waals surface area (Å²) >= 11 is -0.173. The molecule has 4 nitrogen and oxygen atoms in total. The van der Waals surface area contributed by atoms with E-state index in [-0.39, 0.29) is 31.7 Å². The SMILES string of the molecule is CC(C)(C)Oc1ccccc1[I+]c1ccccc1.Cc1ccc(S(=O)(=O)[O-])cc1. The molecule has 0 aromatic heterocycles. The van der Waals surface area contributed by atoms with Crippen LogP contribution in [0.1, 0.15) is 26.3 Å². The Hall–Kier alpha value is -1.90. The Morgan fingerprint density at radius 3 is 1.93 bits per heavy atom. The number of halogens is 1. The minimum Gasteiger partial charge on any atom is -0.744 e. The van der Waals surface area contributed by atoms with Gasteiger partial charge in [-0.05, 0) is 64.1 Å². The molecule has 0 saturated heterocycles. The van der Waals surface area contributed by atoms with Crippen LogP contribution in [0.25, 0.3) is 0 Å². The van der Waals surface area contributed by atoms with E-state index in [1.165, 1.54) is 19.3 Å². The second-order valence-electron chi connectivity index (χ2n) is 7.30. The molecule has 0 radical (unpaired) electrons. The van der Waals surface area contributed by atoms with Gasteiger partial charge in [-0.15, -0.1) is 0 Å². The normalized spacial score (nSPS) is 11.3. The first-order valence-corrected chi connectivity index (χ1v) is 12.6. The number of hydrogen-bond donors (Lipinski definition) is 0. The van der Waals surface area contributed by atoms with E-state index in [1.807, 2.05) is 13.0 Å². The lowest BCUT2D eigenvalue weighted by molar-refractivity contribution is -0.598. The molecule has 0 aliphatic heterocycles. The summed E-state index contributed by atoms with van der Waals surface area (Å²) in [5, 5.41) is 0. The lowest BCUT2D eigenvalue weighted by Gasteiger charge is -2.20. The number of para-hydroxylation sites is 1. The summed E-state index contributed by atoms with van der Waals surface area (Å²) in [7, 11) is -4.27. The van der Waals surface area contributed by atoms with Gasteiger partial charge in [0.2, 0.25) is 3.57 Å². The average molecular weight is 524 g/mol. The number of rotatable bonds is 4. The van der Waals surface area contributed by atoms with Crippen molar-refractivity contribution in [2.24, 2.45) is 0 Å². The zero-order chi connectivity index (χ0) is 21.5. The van der Waals surface area contributed by atoms with E-state index in [4.69, 9.17) is 4.74 Å². The van der Waals surface area contributed by atoms with Crippen LogP contribution in [0.2, 0.25) is 0 Å². The van der Waals surface area contributed by atoms with Gasteiger partial charge in [-0.2, -0.15) is 0 Å². The van der Waals surface area contributed by atoms with Gasteiger partial charge in [0.25, 0.3) is 0 Å². The Morgan fingerprint density at radius 1 is 0.828 bits per heavy atom. The van der Waals surface area contributed by atoms with Crippen LogP contribution in [0.5, 0.6) is 5.75 Å². The molecule has 0 heterocycles. The maximum Gasteiger partial charge on any atom is 0.362 e. The predicted molar refractivity (Wildman–Crippen MR) is 110 cm³/mol. The molecule has 0 aliphatic rings. The van der Waals surface area contributed by atoms with E-state index < -0.39 is 10.1 Å². The Kier molecular flexibility index (Phi) is 8.24. The Morgan fingerprint density at radius 2 is 1.38 bits per heavy atom. The summed E-state index contributed by atoms with van der Waals surface area (Å²) in [5.74, 6) is 1.03. The zero-order valence-electron chi connectivity index (χ0n) is 16.9. The highest BCUT2D eigenvalue weighted by molar-refractivity contribution is 7.85. The van der Waals surface area contributed by atoms with Gasteiger partial charge >= 0.3 is 21.2 Å². The molecule has 0 N–H and O–H groups in total. The van der Waals surface area contributed by atoms with Crippen molar-refractivity contribution in [2.75, 3.05) is 0 Å². The van der Waals surface area contributed by atoms with Crippen LogP contribution in [-0.2, 0) is 10.1 Å². The summed E-state index contributed by atoms with van der Waals surface area (Å²) in [5.41, 5.74) is 0.786. The monoisotopic (exact) mass is 524 g/mol. The molecular formula is C23H25IO4S. The molecule has 0 fully saturated rings. The highest BCUT2D eigenvalue weighted by Crippen LogP contribution is 2.17. The van der Waals surface area contributed by atoms with Crippen molar-refractivity contribution in [1.29, 1.82) is 0 Å². The fourth-order valence-electron chi connectivity index (χ4n) is 2.24. The minimum absolute atomic E-state index is 0.142. The van der Waals surface area contributed by atoms with Crippen LogP contribution in [0.15, 0.2) is 83.8 Å². The molecule has 3 aromatic rings. The summed E-state index contributed by atoms with van der Waals surface area (Å²) < 4.78 is 40.0. The van der Waals surface area contributed by atoms with E-state index in [0.29, 0.717) is 0 Å².